The molecule has 0 heterocycles. The van der Waals surface area contributed by atoms with Crippen molar-refractivity contribution in [2.75, 3.05) is 14.1 Å². The number of hydrogen-bond acceptors (Lipinski definition) is 3. The molecule has 0 aliphatic carbocycles. The molecule has 5 nitrogen and oxygen atoms in total. The Morgan fingerprint density at radius 2 is 1.28 bits per heavy atom. The number of aromatic carboxylic acids is 2. The molecule has 1 aromatic carbocycles. The second-order valence-corrected chi connectivity index (χ2v) is 4.21. The summed E-state index contributed by atoms with van der Waals surface area (Å²) in [6, 6.07) is 6.16. The van der Waals surface area contributed by atoms with Crippen LogP contribution in [-0.2, 0) is 0 Å². The molecule has 0 saturated heterocycles. The molecule has 0 fully saturated rings. The molecule has 0 bridgehead atoms. The van der Waals surface area contributed by atoms with Crippen molar-refractivity contribution in [3.63, 3.8) is 0 Å². The van der Waals surface area contributed by atoms with Crippen molar-refractivity contribution in [1.29, 1.82) is 0 Å². The molecular formula is C13H19NO4. The van der Waals surface area contributed by atoms with Crippen LogP contribution in [0.25, 0.3) is 0 Å². The average molecular weight is 253 g/mol. The molecule has 0 spiro atoms. The van der Waals surface area contributed by atoms with E-state index >= 15 is 0 Å². The van der Waals surface area contributed by atoms with Crippen LogP contribution in [0, 0.1) is 0 Å². The molecule has 5 heteroatoms. The molecule has 18 heavy (non-hydrogen) atoms. The lowest BCUT2D eigenvalue weighted by molar-refractivity contribution is 0.0651. The Morgan fingerprint density at radius 3 is 1.44 bits per heavy atom. The highest BCUT2D eigenvalue weighted by atomic mass is 16.4. The van der Waals surface area contributed by atoms with E-state index in [0.29, 0.717) is 6.04 Å². The van der Waals surface area contributed by atoms with Crippen molar-refractivity contribution in [3.8, 4) is 0 Å². The van der Waals surface area contributed by atoms with Gasteiger partial charge in [-0.2, -0.15) is 0 Å². The maximum atomic E-state index is 10.5. The number of benzene rings is 1. The van der Waals surface area contributed by atoms with E-state index in [1.54, 1.807) is 0 Å². The molecule has 100 valence electrons. The molecule has 0 atom stereocenters. The van der Waals surface area contributed by atoms with Crippen LogP contribution in [0.4, 0.5) is 0 Å². The summed E-state index contributed by atoms with van der Waals surface area (Å²) in [6.45, 7) is 4.33. The molecule has 0 aliphatic heterocycles. The maximum absolute atomic E-state index is 10.5. The summed E-state index contributed by atoms with van der Waals surface area (Å²) in [6.07, 6.45) is 0. The third-order valence-electron chi connectivity index (χ3n) is 2.42. The molecular weight excluding hydrogens is 234 g/mol. The Labute approximate surface area is 107 Å². The number of rotatable bonds is 3. The van der Waals surface area contributed by atoms with E-state index in [0.717, 1.165) is 0 Å². The Hall–Kier alpha value is -1.88. The Balaban J connectivity index is 0.000000411. The fourth-order valence-electron chi connectivity index (χ4n) is 0.856. The van der Waals surface area contributed by atoms with E-state index in [-0.39, 0.29) is 11.1 Å². The summed E-state index contributed by atoms with van der Waals surface area (Å²) in [5.74, 6) is -2.46. The first-order chi connectivity index (χ1) is 8.27. The van der Waals surface area contributed by atoms with Gasteiger partial charge in [0.1, 0.15) is 0 Å². The van der Waals surface area contributed by atoms with Gasteiger partial charge in [0.15, 0.2) is 0 Å². The third kappa shape index (κ3) is 5.45. The van der Waals surface area contributed by atoms with E-state index in [1.165, 1.54) is 24.3 Å². The normalized spacial score (nSPS) is 9.89. The van der Waals surface area contributed by atoms with Gasteiger partial charge in [-0.05, 0) is 40.1 Å². The first kappa shape index (κ1) is 16.1. The lowest BCUT2D eigenvalue weighted by Gasteiger charge is -2.12. The fourth-order valence-corrected chi connectivity index (χ4v) is 0.856. The Kier molecular flexibility index (Phi) is 6.67. The van der Waals surface area contributed by atoms with Gasteiger partial charge in [-0.25, -0.2) is 9.59 Å². The van der Waals surface area contributed by atoms with Gasteiger partial charge >= 0.3 is 11.9 Å². The van der Waals surface area contributed by atoms with E-state index in [2.05, 4.69) is 32.8 Å². The largest absolute Gasteiger partial charge is 0.478 e. The number of nitrogens with zero attached hydrogens (tertiary/aromatic N) is 1. The minimum atomic E-state index is -1.23. The summed E-state index contributed by atoms with van der Waals surface area (Å²) in [5, 5.41) is 17.1. The predicted molar refractivity (Wildman–Crippen MR) is 69.2 cm³/mol. The standard InChI is InChI=1S/C8H6O4.C5H13N/c9-7(10)5-3-1-2-4-6(5)8(11)12;1-5(2)6(3)4/h1-4H,(H,9,10)(H,11,12);5H,1-4H3. The first-order valence-corrected chi connectivity index (χ1v) is 5.49. The van der Waals surface area contributed by atoms with Crippen LogP contribution in [0.1, 0.15) is 34.6 Å². The lowest BCUT2D eigenvalue weighted by Crippen LogP contribution is -2.20. The third-order valence-corrected chi connectivity index (χ3v) is 2.42. The van der Waals surface area contributed by atoms with Crippen LogP contribution in [0.3, 0.4) is 0 Å². The maximum Gasteiger partial charge on any atom is 0.336 e. The van der Waals surface area contributed by atoms with Crippen molar-refractivity contribution in [2.45, 2.75) is 19.9 Å². The first-order valence-electron chi connectivity index (χ1n) is 5.49. The van der Waals surface area contributed by atoms with E-state index in [4.69, 9.17) is 10.2 Å². The second kappa shape index (κ2) is 7.45. The van der Waals surface area contributed by atoms with Crippen LogP contribution in [0.15, 0.2) is 24.3 Å². The van der Waals surface area contributed by atoms with Gasteiger partial charge in [0.05, 0.1) is 11.1 Å². The fraction of sp³-hybridized carbons (Fsp3) is 0.385. The highest BCUT2D eigenvalue weighted by molar-refractivity contribution is 6.01. The Bertz CT molecular complexity index is 374. The monoisotopic (exact) mass is 253 g/mol. The SMILES string of the molecule is CC(C)N(C)C.O=C(O)c1ccccc1C(=O)O. The molecule has 0 radical (unpaired) electrons. The topological polar surface area (TPSA) is 77.8 Å². The lowest BCUT2D eigenvalue weighted by atomic mass is 10.1. The number of carboxylic acid groups (broad SMARTS) is 2. The molecule has 0 unspecified atom stereocenters. The summed E-state index contributed by atoms with van der Waals surface area (Å²) in [5.41, 5.74) is -0.380. The zero-order valence-electron chi connectivity index (χ0n) is 11.0. The Morgan fingerprint density at radius 1 is 1.00 bits per heavy atom. The summed E-state index contributed by atoms with van der Waals surface area (Å²) >= 11 is 0. The summed E-state index contributed by atoms with van der Waals surface area (Å²) < 4.78 is 0. The van der Waals surface area contributed by atoms with Gasteiger partial charge in [-0.3, -0.25) is 0 Å². The van der Waals surface area contributed by atoms with Crippen molar-refractivity contribution < 1.29 is 19.8 Å². The van der Waals surface area contributed by atoms with Crippen LogP contribution in [0.5, 0.6) is 0 Å². The van der Waals surface area contributed by atoms with E-state index in [9.17, 15) is 9.59 Å². The molecule has 0 saturated carbocycles. The number of hydrogen-bond donors (Lipinski definition) is 2. The van der Waals surface area contributed by atoms with Gasteiger partial charge in [-0.15, -0.1) is 0 Å². The van der Waals surface area contributed by atoms with Crippen LogP contribution in [0.2, 0.25) is 0 Å². The molecule has 1 rings (SSSR count). The van der Waals surface area contributed by atoms with Gasteiger partial charge < -0.3 is 15.1 Å². The van der Waals surface area contributed by atoms with Crippen molar-refractivity contribution in [3.05, 3.63) is 35.4 Å². The smallest absolute Gasteiger partial charge is 0.336 e. The summed E-state index contributed by atoms with van der Waals surface area (Å²) in [4.78, 5) is 23.1. The molecule has 2 N–H and O–H groups in total. The van der Waals surface area contributed by atoms with Crippen LogP contribution < -0.4 is 0 Å². The van der Waals surface area contributed by atoms with Crippen molar-refractivity contribution in [2.24, 2.45) is 0 Å². The zero-order valence-corrected chi connectivity index (χ0v) is 11.0. The van der Waals surface area contributed by atoms with Gasteiger partial charge in [-0.1, -0.05) is 12.1 Å². The molecule has 0 aromatic heterocycles. The minimum absolute atomic E-state index is 0.190. The van der Waals surface area contributed by atoms with Gasteiger partial charge in [0.2, 0.25) is 0 Å². The molecule has 0 aliphatic rings. The van der Waals surface area contributed by atoms with Crippen molar-refractivity contribution in [1.82, 2.24) is 4.90 Å². The quantitative estimate of drug-likeness (QED) is 0.861. The molecule has 0 amide bonds. The summed E-state index contributed by atoms with van der Waals surface area (Å²) in [7, 11) is 4.15. The van der Waals surface area contributed by atoms with Gasteiger partial charge in [0, 0.05) is 6.04 Å². The second-order valence-electron chi connectivity index (χ2n) is 4.21. The predicted octanol–water partition coefficient (Wildman–Crippen LogP) is 2.04. The van der Waals surface area contributed by atoms with Crippen LogP contribution >= 0.6 is 0 Å². The van der Waals surface area contributed by atoms with Crippen molar-refractivity contribution >= 4 is 11.9 Å². The average Bonchev–Trinajstić information content (AvgIpc) is 2.29. The molecule has 1 aromatic rings. The zero-order chi connectivity index (χ0) is 14.3. The highest BCUT2D eigenvalue weighted by Crippen LogP contribution is 2.07. The number of carbonyl (C=O) groups is 2. The van der Waals surface area contributed by atoms with E-state index < -0.39 is 11.9 Å². The van der Waals surface area contributed by atoms with Crippen LogP contribution in [-0.4, -0.2) is 47.2 Å². The highest BCUT2D eigenvalue weighted by Gasteiger charge is 2.13. The van der Waals surface area contributed by atoms with E-state index in [1.807, 2.05) is 0 Å². The number of carboxylic acids is 2. The van der Waals surface area contributed by atoms with Gasteiger partial charge in [0.25, 0.3) is 0 Å². The minimum Gasteiger partial charge on any atom is -0.478 e.